The van der Waals surface area contributed by atoms with Crippen LogP contribution in [0.25, 0.3) is 0 Å². The maximum absolute atomic E-state index is 12.9. The van der Waals surface area contributed by atoms with Gasteiger partial charge in [-0.2, -0.15) is 0 Å². The van der Waals surface area contributed by atoms with Crippen molar-refractivity contribution < 1.29 is 9.18 Å². The van der Waals surface area contributed by atoms with Crippen LogP contribution in [0.4, 0.5) is 4.39 Å². The molecule has 134 valence electrons. The Bertz CT molecular complexity index is 546. The quantitative estimate of drug-likeness (QED) is 0.292. The van der Waals surface area contributed by atoms with E-state index in [-0.39, 0.29) is 35.7 Å². The molecule has 2 N–H and O–H groups in total. The molecule has 2 rings (SSSR count). The van der Waals surface area contributed by atoms with Gasteiger partial charge < -0.3 is 15.5 Å². The average Bonchev–Trinajstić information content (AvgIpc) is 3.33. The van der Waals surface area contributed by atoms with Crippen molar-refractivity contribution in [1.82, 2.24) is 15.5 Å². The first kappa shape index (κ1) is 20.7. The SMILES string of the molecule is CN=C(NCCCC(=O)NC1CC1)N(C)Cc1ccc(F)cc1.I. The number of halogens is 2. The minimum Gasteiger partial charge on any atom is -0.356 e. The van der Waals surface area contributed by atoms with Gasteiger partial charge in [0.15, 0.2) is 5.96 Å². The molecule has 0 atom stereocenters. The van der Waals surface area contributed by atoms with Crippen molar-refractivity contribution in [2.75, 3.05) is 20.6 Å². The van der Waals surface area contributed by atoms with E-state index in [0.717, 1.165) is 30.8 Å². The fourth-order valence-corrected chi connectivity index (χ4v) is 2.30. The Kier molecular flexibility index (Phi) is 9.02. The summed E-state index contributed by atoms with van der Waals surface area (Å²) in [5.41, 5.74) is 1.01. The molecule has 5 nitrogen and oxygen atoms in total. The molecule has 1 aliphatic rings. The van der Waals surface area contributed by atoms with Crippen LogP contribution >= 0.6 is 24.0 Å². The van der Waals surface area contributed by atoms with E-state index in [1.807, 2.05) is 11.9 Å². The monoisotopic (exact) mass is 448 g/mol. The summed E-state index contributed by atoms with van der Waals surface area (Å²) in [7, 11) is 3.65. The second-order valence-corrected chi connectivity index (χ2v) is 5.90. The van der Waals surface area contributed by atoms with Gasteiger partial charge in [0, 0.05) is 39.6 Å². The van der Waals surface area contributed by atoms with Crippen molar-refractivity contribution in [3.05, 3.63) is 35.6 Å². The Morgan fingerprint density at radius 2 is 2.00 bits per heavy atom. The number of nitrogens with one attached hydrogen (secondary N) is 2. The number of carbonyl (C=O) groups excluding carboxylic acids is 1. The maximum Gasteiger partial charge on any atom is 0.220 e. The second-order valence-electron chi connectivity index (χ2n) is 5.90. The molecule has 1 saturated carbocycles. The highest BCUT2D eigenvalue weighted by molar-refractivity contribution is 14.0. The molecular formula is C17H26FIN4O. The number of carbonyl (C=O) groups is 1. The van der Waals surface area contributed by atoms with E-state index in [4.69, 9.17) is 0 Å². The van der Waals surface area contributed by atoms with Crippen molar-refractivity contribution in [3.8, 4) is 0 Å². The lowest BCUT2D eigenvalue weighted by molar-refractivity contribution is -0.121. The zero-order valence-electron chi connectivity index (χ0n) is 14.2. The summed E-state index contributed by atoms with van der Waals surface area (Å²) in [6.45, 7) is 1.33. The van der Waals surface area contributed by atoms with Crippen LogP contribution in [0.3, 0.4) is 0 Å². The molecule has 1 aromatic rings. The molecular weight excluding hydrogens is 422 g/mol. The Labute approximate surface area is 160 Å². The zero-order valence-corrected chi connectivity index (χ0v) is 16.5. The van der Waals surface area contributed by atoms with Gasteiger partial charge in [-0.1, -0.05) is 12.1 Å². The zero-order chi connectivity index (χ0) is 16.7. The van der Waals surface area contributed by atoms with Crippen LogP contribution in [0.15, 0.2) is 29.3 Å². The molecule has 0 heterocycles. The molecule has 7 heteroatoms. The highest BCUT2D eigenvalue weighted by Gasteiger charge is 2.22. The molecule has 1 fully saturated rings. The summed E-state index contributed by atoms with van der Waals surface area (Å²) in [6, 6.07) is 6.86. The van der Waals surface area contributed by atoms with Gasteiger partial charge in [0.2, 0.25) is 5.91 Å². The predicted octanol–water partition coefficient (Wildman–Crippen LogP) is 2.51. The first-order valence-electron chi connectivity index (χ1n) is 8.04. The summed E-state index contributed by atoms with van der Waals surface area (Å²) < 4.78 is 12.9. The van der Waals surface area contributed by atoms with Crippen LogP contribution in [-0.4, -0.2) is 43.4 Å². The highest BCUT2D eigenvalue weighted by Crippen LogP contribution is 2.18. The number of hydrogen-bond acceptors (Lipinski definition) is 2. The third kappa shape index (κ3) is 7.46. The van der Waals surface area contributed by atoms with Crippen LogP contribution < -0.4 is 10.6 Å². The van der Waals surface area contributed by atoms with Crippen LogP contribution in [0.2, 0.25) is 0 Å². The first-order chi connectivity index (χ1) is 11.1. The number of aliphatic imine (C=N–C) groups is 1. The van der Waals surface area contributed by atoms with E-state index >= 15 is 0 Å². The minimum atomic E-state index is -0.233. The highest BCUT2D eigenvalue weighted by atomic mass is 127. The fraction of sp³-hybridized carbons (Fsp3) is 0.529. The van der Waals surface area contributed by atoms with Crippen molar-refractivity contribution in [2.45, 2.75) is 38.3 Å². The van der Waals surface area contributed by atoms with Gasteiger partial charge in [0.1, 0.15) is 5.82 Å². The van der Waals surface area contributed by atoms with E-state index in [2.05, 4.69) is 15.6 Å². The van der Waals surface area contributed by atoms with Gasteiger partial charge in [0.05, 0.1) is 0 Å². The summed E-state index contributed by atoms with van der Waals surface area (Å²) in [5.74, 6) is 0.657. The van der Waals surface area contributed by atoms with Crippen LogP contribution in [0.1, 0.15) is 31.2 Å². The Morgan fingerprint density at radius 1 is 1.33 bits per heavy atom. The number of nitrogens with zero attached hydrogens (tertiary/aromatic N) is 2. The number of guanidine groups is 1. The molecule has 0 saturated heterocycles. The maximum atomic E-state index is 12.9. The number of benzene rings is 1. The molecule has 0 aliphatic heterocycles. The fourth-order valence-electron chi connectivity index (χ4n) is 2.30. The normalized spacial score (nSPS) is 13.9. The van der Waals surface area contributed by atoms with Crippen LogP contribution in [-0.2, 0) is 11.3 Å². The van der Waals surface area contributed by atoms with Gasteiger partial charge in [-0.3, -0.25) is 9.79 Å². The van der Waals surface area contributed by atoms with Crippen LogP contribution in [0, 0.1) is 5.82 Å². The van der Waals surface area contributed by atoms with E-state index in [1.54, 1.807) is 19.2 Å². The molecule has 24 heavy (non-hydrogen) atoms. The first-order valence-corrected chi connectivity index (χ1v) is 8.04. The summed E-state index contributed by atoms with van der Waals surface area (Å²) in [6.07, 6.45) is 3.53. The molecule has 1 amide bonds. The lowest BCUT2D eigenvalue weighted by Gasteiger charge is -2.22. The molecule has 0 spiro atoms. The standard InChI is InChI=1S/C17H25FN4O.HI/c1-19-17(20-11-3-4-16(23)21-15-9-10-15)22(2)12-13-5-7-14(18)8-6-13;/h5-8,15H,3-4,9-12H2,1-2H3,(H,19,20)(H,21,23);1H. The number of amides is 1. The number of hydrogen-bond donors (Lipinski definition) is 2. The van der Waals surface area contributed by atoms with E-state index in [9.17, 15) is 9.18 Å². The van der Waals surface area contributed by atoms with Crippen molar-refractivity contribution >= 4 is 35.8 Å². The summed E-state index contributed by atoms with van der Waals surface area (Å²) >= 11 is 0. The van der Waals surface area contributed by atoms with E-state index in [0.29, 0.717) is 25.6 Å². The Morgan fingerprint density at radius 3 is 2.58 bits per heavy atom. The molecule has 0 bridgehead atoms. The average molecular weight is 448 g/mol. The minimum absolute atomic E-state index is 0. The van der Waals surface area contributed by atoms with Gasteiger partial charge in [0.25, 0.3) is 0 Å². The third-order valence-corrected chi connectivity index (χ3v) is 3.71. The Hall–Kier alpha value is -1.38. The largest absolute Gasteiger partial charge is 0.356 e. The summed E-state index contributed by atoms with van der Waals surface area (Å²) in [5, 5.41) is 6.22. The van der Waals surface area contributed by atoms with Crippen LogP contribution in [0.5, 0.6) is 0 Å². The van der Waals surface area contributed by atoms with E-state index < -0.39 is 0 Å². The number of rotatable bonds is 7. The smallest absolute Gasteiger partial charge is 0.220 e. The molecule has 0 radical (unpaired) electrons. The van der Waals surface area contributed by atoms with Crippen molar-refractivity contribution in [2.24, 2.45) is 4.99 Å². The second kappa shape index (κ2) is 10.5. The van der Waals surface area contributed by atoms with Crippen molar-refractivity contribution in [3.63, 3.8) is 0 Å². The predicted molar refractivity (Wildman–Crippen MR) is 105 cm³/mol. The molecule has 1 aromatic carbocycles. The van der Waals surface area contributed by atoms with Gasteiger partial charge in [-0.05, 0) is 37.0 Å². The third-order valence-electron chi connectivity index (χ3n) is 3.71. The molecule has 0 unspecified atom stereocenters. The van der Waals surface area contributed by atoms with Gasteiger partial charge >= 0.3 is 0 Å². The topological polar surface area (TPSA) is 56.7 Å². The molecule has 0 aromatic heterocycles. The summed E-state index contributed by atoms with van der Waals surface area (Å²) in [4.78, 5) is 17.8. The molecule has 1 aliphatic carbocycles. The van der Waals surface area contributed by atoms with Gasteiger partial charge in [-0.25, -0.2) is 4.39 Å². The van der Waals surface area contributed by atoms with Crippen molar-refractivity contribution in [1.29, 1.82) is 0 Å². The van der Waals surface area contributed by atoms with Gasteiger partial charge in [-0.15, -0.1) is 24.0 Å². The lowest BCUT2D eigenvalue weighted by Crippen LogP contribution is -2.39. The lowest BCUT2D eigenvalue weighted by atomic mass is 10.2. The van der Waals surface area contributed by atoms with E-state index in [1.165, 1.54) is 12.1 Å². The Balaban J connectivity index is 0.00000288.